The predicted octanol–water partition coefficient (Wildman–Crippen LogP) is 0.920. The molecule has 1 aromatic carbocycles. The van der Waals surface area contributed by atoms with Crippen LogP contribution in [0, 0.1) is 0 Å². The summed E-state index contributed by atoms with van der Waals surface area (Å²) in [4.78, 5) is 18.8. The highest BCUT2D eigenvalue weighted by molar-refractivity contribution is 5.91. The lowest BCUT2D eigenvalue weighted by atomic mass is 10.3. The van der Waals surface area contributed by atoms with Gasteiger partial charge in [0.1, 0.15) is 5.82 Å². The van der Waals surface area contributed by atoms with Crippen molar-refractivity contribution in [1.29, 1.82) is 0 Å². The average molecular weight is 268 g/mol. The molecule has 0 saturated heterocycles. The molecule has 2 N–H and O–H groups in total. The fraction of sp³-hybridized carbons (Fsp3) is 0.0769. The summed E-state index contributed by atoms with van der Waals surface area (Å²) in [5.74, 6) is 0.400. The topological polar surface area (TPSA) is 88.5 Å². The van der Waals surface area contributed by atoms with Crippen molar-refractivity contribution in [3.8, 4) is 5.69 Å². The lowest BCUT2D eigenvalue weighted by Crippen LogP contribution is -2.23. The smallest absolute Gasteiger partial charge is 0.273 e. The quantitative estimate of drug-likeness (QED) is 0.736. The van der Waals surface area contributed by atoms with E-state index in [1.807, 2.05) is 30.3 Å². The summed E-state index contributed by atoms with van der Waals surface area (Å²) in [6, 6.07) is 9.48. The van der Waals surface area contributed by atoms with Crippen LogP contribution in [0.1, 0.15) is 16.3 Å². The van der Waals surface area contributed by atoms with Crippen molar-refractivity contribution in [2.24, 2.45) is 0 Å². The van der Waals surface area contributed by atoms with Crippen molar-refractivity contribution in [2.75, 3.05) is 0 Å². The van der Waals surface area contributed by atoms with E-state index in [1.54, 1.807) is 23.3 Å². The van der Waals surface area contributed by atoms with Crippen molar-refractivity contribution in [3.63, 3.8) is 0 Å². The van der Waals surface area contributed by atoms with Gasteiger partial charge in [-0.1, -0.05) is 23.4 Å². The number of para-hydroxylation sites is 1. The SMILES string of the molecule is O=C(NCc1ncc[nH]1)c1cn(-c2ccccc2)nn1. The number of H-pyrrole nitrogens is 1. The van der Waals surface area contributed by atoms with Crippen LogP contribution in [0.4, 0.5) is 0 Å². The van der Waals surface area contributed by atoms with Gasteiger partial charge in [-0.3, -0.25) is 4.79 Å². The summed E-state index contributed by atoms with van der Waals surface area (Å²) >= 11 is 0. The summed E-state index contributed by atoms with van der Waals surface area (Å²) in [5.41, 5.74) is 1.12. The summed E-state index contributed by atoms with van der Waals surface area (Å²) in [5, 5.41) is 10.5. The number of nitrogens with zero attached hydrogens (tertiary/aromatic N) is 4. The Bertz CT molecular complexity index is 689. The van der Waals surface area contributed by atoms with Gasteiger partial charge in [-0.15, -0.1) is 5.10 Å². The largest absolute Gasteiger partial charge is 0.347 e. The zero-order valence-electron chi connectivity index (χ0n) is 10.5. The van der Waals surface area contributed by atoms with Crippen LogP contribution < -0.4 is 5.32 Å². The number of amides is 1. The summed E-state index contributed by atoms with van der Waals surface area (Å²) in [6.07, 6.45) is 4.92. The fourth-order valence-electron chi connectivity index (χ4n) is 1.72. The second-order valence-corrected chi connectivity index (χ2v) is 4.10. The van der Waals surface area contributed by atoms with Gasteiger partial charge in [0.2, 0.25) is 0 Å². The molecule has 0 unspecified atom stereocenters. The van der Waals surface area contributed by atoms with E-state index in [0.717, 1.165) is 5.69 Å². The number of aromatic nitrogens is 5. The van der Waals surface area contributed by atoms with Crippen molar-refractivity contribution in [1.82, 2.24) is 30.3 Å². The van der Waals surface area contributed by atoms with Crippen molar-refractivity contribution >= 4 is 5.91 Å². The molecule has 0 aliphatic heterocycles. The van der Waals surface area contributed by atoms with Crippen LogP contribution in [-0.2, 0) is 6.54 Å². The Balaban J connectivity index is 1.69. The predicted molar refractivity (Wildman–Crippen MR) is 71.1 cm³/mol. The van der Waals surface area contributed by atoms with E-state index in [-0.39, 0.29) is 11.6 Å². The maximum Gasteiger partial charge on any atom is 0.273 e. The Morgan fingerprint density at radius 1 is 1.30 bits per heavy atom. The Morgan fingerprint density at radius 3 is 2.90 bits per heavy atom. The molecule has 2 heterocycles. The first-order chi connectivity index (χ1) is 9.83. The first-order valence-electron chi connectivity index (χ1n) is 6.07. The maximum atomic E-state index is 11.9. The molecule has 0 saturated carbocycles. The lowest BCUT2D eigenvalue weighted by Gasteiger charge is -1.99. The van der Waals surface area contributed by atoms with E-state index >= 15 is 0 Å². The van der Waals surface area contributed by atoms with E-state index in [1.165, 1.54) is 0 Å². The first-order valence-corrected chi connectivity index (χ1v) is 6.07. The molecule has 3 aromatic rings. The summed E-state index contributed by atoms with van der Waals surface area (Å²) in [7, 11) is 0. The zero-order valence-corrected chi connectivity index (χ0v) is 10.5. The van der Waals surface area contributed by atoms with Crippen LogP contribution in [0.5, 0.6) is 0 Å². The van der Waals surface area contributed by atoms with Crippen LogP contribution in [0.25, 0.3) is 5.69 Å². The maximum absolute atomic E-state index is 11.9. The van der Waals surface area contributed by atoms with Gasteiger partial charge in [0.25, 0.3) is 5.91 Å². The molecule has 0 radical (unpaired) electrons. The number of imidazole rings is 1. The van der Waals surface area contributed by atoms with Crippen molar-refractivity contribution in [2.45, 2.75) is 6.54 Å². The number of rotatable bonds is 4. The van der Waals surface area contributed by atoms with E-state index in [0.29, 0.717) is 12.4 Å². The fourth-order valence-corrected chi connectivity index (χ4v) is 1.72. The highest BCUT2D eigenvalue weighted by Crippen LogP contribution is 2.05. The molecule has 1 amide bonds. The van der Waals surface area contributed by atoms with Crippen LogP contribution in [0.3, 0.4) is 0 Å². The molecule has 0 aliphatic rings. The minimum Gasteiger partial charge on any atom is -0.347 e. The van der Waals surface area contributed by atoms with Gasteiger partial charge in [-0.25, -0.2) is 9.67 Å². The molecular formula is C13H12N6O. The van der Waals surface area contributed by atoms with Gasteiger partial charge in [0.15, 0.2) is 5.69 Å². The molecule has 0 fully saturated rings. The molecule has 0 aliphatic carbocycles. The van der Waals surface area contributed by atoms with Crippen LogP contribution in [0.15, 0.2) is 48.9 Å². The van der Waals surface area contributed by atoms with E-state index < -0.39 is 0 Å². The number of carbonyl (C=O) groups excluding carboxylic acids is 1. The second kappa shape index (κ2) is 5.35. The van der Waals surface area contributed by atoms with E-state index in [4.69, 9.17) is 0 Å². The molecular weight excluding hydrogens is 256 g/mol. The van der Waals surface area contributed by atoms with Gasteiger partial charge < -0.3 is 10.3 Å². The number of aromatic amines is 1. The summed E-state index contributed by atoms with van der Waals surface area (Å²) < 4.78 is 1.56. The molecule has 2 aromatic heterocycles. The highest BCUT2D eigenvalue weighted by Gasteiger charge is 2.11. The molecule has 0 bridgehead atoms. The number of nitrogens with one attached hydrogen (secondary N) is 2. The van der Waals surface area contributed by atoms with Gasteiger partial charge in [-0.2, -0.15) is 0 Å². The molecule has 7 nitrogen and oxygen atoms in total. The minimum atomic E-state index is -0.288. The zero-order chi connectivity index (χ0) is 13.8. The lowest BCUT2D eigenvalue weighted by molar-refractivity contribution is 0.0945. The highest BCUT2D eigenvalue weighted by atomic mass is 16.2. The van der Waals surface area contributed by atoms with Crippen molar-refractivity contribution < 1.29 is 4.79 Å². The third kappa shape index (κ3) is 2.56. The van der Waals surface area contributed by atoms with Gasteiger partial charge in [0, 0.05) is 12.4 Å². The molecule has 100 valence electrons. The van der Waals surface area contributed by atoms with Gasteiger partial charge in [0.05, 0.1) is 18.4 Å². The molecule has 0 atom stereocenters. The Kier molecular flexibility index (Phi) is 3.24. The third-order valence-corrected chi connectivity index (χ3v) is 2.72. The molecule has 3 rings (SSSR count). The van der Waals surface area contributed by atoms with Gasteiger partial charge >= 0.3 is 0 Å². The third-order valence-electron chi connectivity index (χ3n) is 2.72. The average Bonchev–Trinajstić information content (AvgIpc) is 3.17. The number of hydrogen-bond donors (Lipinski definition) is 2. The minimum absolute atomic E-state index is 0.264. The Morgan fingerprint density at radius 2 is 2.15 bits per heavy atom. The van der Waals surface area contributed by atoms with E-state index in [2.05, 4.69) is 25.6 Å². The van der Waals surface area contributed by atoms with Gasteiger partial charge in [-0.05, 0) is 12.1 Å². The standard InChI is InChI=1S/C13H12N6O/c20-13(16-8-12-14-6-7-15-12)11-9-19(18-17-11)10-4-2-1-3-5-10/h1-7,9H,8H2,(H,14,15)(H,16,20). The molecule has 7 heteroatoms. The molecule has 20 heavy (non-hydrogen) atoms. The van der Waals surface area contributed by atoms with E-state index in [9.17, 15) is 4.79 Å². The number of carbonyl (C=O) groups is 1. The summed E-state index contributed by atoms with van der Waals surface area (Å²) in [6.45, 7) is 0.323. The van der Waals surface area contributed by atoms with Crippen LogP contribution in [0.2, 0.25) is 0 Å². The second-order valence-electron chi connectivity index (χ2n) is 4.10. The first kappa shape index (κ1) is 12.1. The van der Waals surface area contributed by atoms with Crippen LogP contribution in [-0.4, -0.2) is 30.9 Å². The van der Waals surface area contributed by atoms with Crippen LogP contribution >= 0.6 is 0 Å². The monoisotopic (exact) mass is 268 g/mol. The molecule has 0 spiro atoms. The normalized spacial score (nSPS) is 10.4. The Hall–Kier alpha value is -2.96. The Labute approximate surface area is 114 Å². The number of hydrogen-bond acceptors (Lipinski definition) is 4. The number of benzene rings is 1. The van der Waals surface area contributed by atoms with Crippen molar-refractivity contribution in [3.05, 3.63) is 60.4 Å².